The van der Waals surface area contributed by atoms with Gasteiger partial charge in [-0.1, -0.05) is 6.07 Å². The molecule has 0 amide bonds. The lowest BCUT2D eigenvalue weighted by Gasteiger charge is -2.20. The van der Waals surface area contributed by atoms with Crippen molar-refractivity contribution in [1.29, 1.82) is 5.26 Å². The Hall–Kier alpha value is -2.85. The van der Waals surface area contributed by atoms with Gasteiger partial charge >= 0.3 is 6.16 Å². The number of nitriles is 1. The molecule has 0 saturated heterocycles. The van der Waals surface area contributed by atoms with Crippen molar-refractivity contribution in [3.8, 4) is 17.5 Å². The zero-order valence-corrected chi connectivity index (χ0v) is 18.8. The number of hydrogen-bond acceptors (Lipinski definition) is 5. The number of aromatic nitrogens is 2. The van der Waals surface area contributed by atoms with Crippen LogP contribution in [0.5, 0.6) is 5.75 Å². The first-order valence-electron chi connectivity index (χ1n) is 9.04. The molecule has 0 atom stereocenters. The fourth-order valence-corrected chi connectivity index (χ4v) is 3.32. The van der Waals surface area contributed by atoms with E-state index in [4.69, 9.17) is 9.47 Å². The molecule has 0 N–H and O–H groups in total. The molecule has 0 saturated carbocycles. The quantitative estimate of drug-likeness (QED) is 0.282. The third-order valence-corrected chi connectivity index (χ3v) is 5.14. The Morgan fingerprint density at radius 3 is 2.55 bits per heavy atom. The van der Waals surface area contributed by atoms with Crippen LogP contribution < -0.4 is 4.74 Å². The summed E-state index contributed by atoms with van der Waals surface area (Å²) in [6.45, 7) is 11.0. The molecule has 0 fully saturated rings. The van der Waals surface area contributed by atoms with Crippen LogP contribution in [0.15, 0.2) is 22.8 Å². The smallest absolute Gasteiger partial charge is 0.428 e. The molecule has 0 aliphatic carbocycles. The predicted octanol–water partition coefficient (Wildman–Crippen LogP) is 5.70. The number of nitrogens with zero attached hydrogens (tertiary/aromatic N) is 3. The van der Waals surface area contributed by atoms with Crippen LogP contribution in [0.2, 0.25) is 0 Å². The number of carbonyl (C=O) groups is 1. The van der Waals surface area contributed by atoms with Crippen molar-refractivity contribution < 1.29 is 14.3 Å². The summed E-state index contributed by atoms with van der Waals surface area (Å²) in [7, 11) is 0. The topological polar surface area (TPSA) is 77.1 Å². The molecule has 2 heterocycles. The van der Waals surface area contributed by atoms with Gasteiger partial charge in [-0.25, -0.2) is 9.78 Å². The van der Waals surface area contributed by atoms with Gasteiger partial charge in [0.2, 0.25) is 0 Å². The minimum atomic E-state index is -0.772. The largest absolute Gasteiger partial charge is 0.514 e. The Morgan fingerprint density at radius 1 is 1.24 bits per heavy atom. The summed E-state index contributed by atoms with van der Waals surface area (Å²) in [4.78, 5) is 16.7. The van der Waals surface area contributed by atoms with Crippen molar-refractivity contribution in [3.63, 3.8) is 0 Å². The van der Waals surface area contributed by atoms with Crippen molar-refractivity contribution in [2.75, 3.05) is 0 Å². The highest BCUT2D eigenvalue weighted by molar-refractivity contribution is 9.10. The first kappa shape index (κ1) is 20.9. The van der Waals surface area contributed by atoms with E-state index in [1.54, 1.807) is 31.4 Å². The normalized spacial score (nSPS) is 11.4. The highest BCUT2D eigenvalue weighted by Gasteiger charge is 2.22. The Labute approximate surface area is 178 Å². The molecule has 1 aromatic carbocycles. The van der Waals surface area contributed by atoms with E-state index in [1.165, 1.54) is 0 Å². The van der Waals surface area contributed by atoms with Crippen molar-refractivity contribution in [1.82, 2.24) is 9.55 Å². The van der Waals surface area contributed by atoms with Crippen LogP contribution in [0.1, 0.15) is 43.0 Å². The van der Waals surface area contributed by atoms with Crippen molar-refractivity contribution in [2.45, 2.75) is 47.1 Å². The van der Waals surface area contributed by atoms with Crippen LogP contribution in [0.3, 0.4) is 0 Å². The number of carbonyl (C=O) groups excluding carboxylic acids is 1. The van der Waals surface area contributed by atoms with Gasteiger partial charge in [-0.15, -0.1) is 0 Å². The summed E-state index contributed by atoms with van der Waals surface area (Å²) < 4.78 is 13.1. The van der Waals surface area contributed by atoms with E-state index in [2.05, 4.69) is 33.2 Å². The van der Waals surface area contributed by atoms with E-state index < -0.39 is 11.8 Å². The van der Waals surface area contributed by atoms with Gasteiger partial charge in [0, 0.05) is 10.9 Å². The second kappa shape index (κ2) is 7.53. The Morgan fingerprint density at radius 2 is 1.93 bits per heavy atom. The van der Waals surface area contributed by atoms with Gasteiger partial charge in [-0.2, -0.15) is 5.26 Å². The molecule has 2 aromatic heterocycles. The van der Waals surface area contributed by atoms with Crippen LogP contribution in [0.4, 0.5) is 4.79 Å². The Bertz CT molecular complexity index is 1170. The minimum Gasteiger partial charge on any atom is -0.428 e. The van der Waals surface area contributed by atoms with Gasteiger partial charge in [0.15, 0.2) is 0 Å². The van der Waals surface area contributed by atoms with Crippen molar-refractivity contribution in [3.05, 3.63) is 51.3 Å². The molecule has 6 nitrogen and oxygen atoms in total. The SMILES string of the molecule is Cc1cc2c(C#N)[c]n(-c3c(C)ccc(OC(=O)OC(C)(C)C)c3C)c2nc1Br. The number of fused-ring (bicyclic) bond motifs is 1. The maximum Gasteiger partial charge on any atom is 0.514 e. The fourth-order valence-electron chi connectivity index (χ4n) is 3.04. The highest BCUT2D eigenvalue weighted by atomic mass is 79.9. The third kappa shape index (κ3) is 4.13. The average molecular weight is 455 g/mol. The highest BCUT2D eigenvalue weighted by Crippen LogP contribution is 2.33. The maximum atomic E-state index is 12.1. The molecule has 0 unspecified atom stereocenters. The number of aryl methyl sites for hydroxylation is 2. The van der Waals surface area contributed by atoms with Crippen LogP contribution in [0, 0.1) is 38.3 Å². The summed E-state index contributed by atoms with van der Waals surface area (Å²) in [6, 6.07) is 7.66. The molecule has 0 aliphatic rings. The summed E-state index contributed by atoms with van der Waals surface area (Å²) in [5, 5.41) is 10.3. The molecule has 149 valence electrons. The average Bonchev–Trinajstić information content (AvgIpc) is 2.94. The molecule has 3 rings (SSSR count). The van der Waals surface area contributed by atoms with E-state index in [9.17, 15) is 10.1 Å². The van der Waals surface area contributed by atoms with Crippen LogP contribution in [-0.2, 0) is 4.74 Å². The predicted molar refractivity (Wildman–Crippen MR) is 113 cm³/mol. The van der Waals surface area contributed by atoms with Crippen LogP contribution >= 0.6 is 15.9 Å². The summed E-state index contributed by atoms with van der Waals surface area (Å²) in [6.07, 6.45) is 2.34. The Balaban J connectivity index is 2.16. The third-order valence-electron chi connectivity index (χ3n) is 4.34. The van der Waals surface area contributed by atoms with Gasteiger partial charge in [0.1, 0.15) is 27.7 Å². The second-order valence-electron chi connectivity index (χ2n) is 7.82. The second-order valence-corrected chi connectivity index (χ2v) is 8.57. The molecule has 0 aliphatic heterocycles. The Kier molecular flexibility index (Phi) is 5.42. The first-order valence-corrected chi connectivity index (χ1v) is 9.83. The summed E-state index contributed by atoms with van der Waals surface area (Å²) >= 11 is 3.46. The molecule has 0 bridgehead atoms. The molecular formula is C22H21BrN3O3. The number of benzene rings is 1. The molecule has 7 heteroatoms. The number of hydrogen-bond donors (Lipinski definition) is 0. The number of pyridine rings is 1. The van der Waals surface area contributed by atoms with Gasteiger partial charge in [0.25, 0.3) is 0 Å². The van der Waals surface area contributed by atoms with Gasteiger partial charge in [-0.05, 0) is 80.7 Å². The van der Waals surface area contributed by atoms with E-state index >= 15 is 0 Å². The molecule has 29 heavy (non-hydrogen) atoms. The lowest BCUT2D eigenvalue weighted by molar-refractivity contribution is 0.0205. The molecule has 1 radical (unpaired) electrons. The van der Waals surface area contributed by atoms with Crippen LogP contribution in [-0.4, -0.2) is 21.3 Å². The monoisotopic (exact) mass is 454 g/mol. The van der Waals surface area contributed by atoms with E-state index in [0.29, 0.717) is 32.5 Å². The van der Waals surface area contributed by atoms with E-state index in [0.717, 1.165) is 16.8 Å². The minimum absolute atomic E-state index is 0.375. The lowest BCUT2D eigenvalue weighted by atomic mass is 10.1. The standard InChI is InChI=1S/C22H21BrN3O3/c1-12-7-8-17(28-21(27)29-22(4,5)6)14(3)18(12)26-11-15(10-24)16-9-13(2)19(23)25-20(16)26/h7-9H,1-6H3. The van der Waals surface area contributed by atoms with Crippen LogP contribution in [0.25, 0.3) is 16.7 Å². The lowest BCUT2D eigenvalue weighted by Crippen LogP contribution is -2.26. The van der Waals surface area contributed by atoms with E-state index in [1.807, 2.05) is 32.9 Å². The van der Waals surface area contributed by atoms with E-state index in [-0.39, 0.29) is 0 Å². The molecular weight excluding hydrogens is 434 g/mol. The zero-order valence-electron chi connectivity index (χ0n) is 17.2. The zero-order chi connectivity index (χ0) is 21.5. The first-order chi connectivity index (χ1) is 13.5. The molecule has 3 aromatic rings. The molecule has 0 spiro atoms. The van der Waals surface area contributed by atoms with Crippen molar-refractivity contribution in [2.24, 2.45) is 0 Å². The fraction of sp³-hybridized carbons (Fsp3) is 0.318. The summed E-state index contributed by atoms with van der Waals surface area (Å²) in [5.74, 6) is 0.375. The maximum absolute atomic E-state index is 12.1. The van der Waals surface area contributed by atoms with Gasteiger partial charge < -0.3 is 9.47 Å². The van der Waals surface area contributed by atoms with Gasteiger partial charge in [-0.3, -0.25) is 4.57 Å². The summed E-state index contributed by atoms with van der Waals surface area (Å²) in [5.41, 5.74) is 3.66. The number of ether oxygens (including phenoxy) is 2. The number of rotatable bonds is 2. The number of halogens is 1. The van der Waals surface area contributed by atoms with Crippen molar-refractivity contribution >= 4 is 33.1 Å². The van der Waals surface area contributed by atoms with Gasteiger partial charge in [0.05, 0.1) is 17.4 Å².